The minimum Gasteiger partial charge on any atom is -0.282 e. The molecule has 0 aliphatic heterocycles. The molecule has 0 spiro atoms. The van der Waals surface area contributed by atoms with E-state index in [1.165, 1.54) is 0 Å². The van der Waals surface area contributed by atoms with Crippen molar-refractivity contribution in [2.45, 2.75) is 13.3 Å². The van der Waals surface area contributed by atoms with Crippen LogP contribution in [0.5, 0.6) is 0 Å². The monoisotopic (exact) mass is 367 g/mol. The van der Waals surface area contributed by atoms with Crippen molar-refractivity contribution in [3.63, 3.8) is 0 Å². The van der Waals surface area contributed by atoms with E-state index in [0.29, 0.717) is 16.7 Å². The lowest BCUT2D eigenvalue weighted by Crippen LogP contribution is -2.20. The van der Waals surface area contributed by atoms with Gasteiger partial charge in [0.2, 0.25) is 0 Å². The second kappa shape index (κ2) is 6.42. The van der Waals surface area contributed by atoms with E-state index < -0.39 is 0 Å². The van der Waals surface area contributed by atoms with Crippen molar-refractivity contribution >= 4 is 16.7 Å². The summed E-state index contributed by atoms with van der Waals surface area (Å²) in [5, 5.41) is 13.4. The van der Waals surface area contributed by atoms with Crippen LogP contribution in [-0.4, -0.2) is 24.4 Å². The Kier molecular flexibility index (Phi) is 3.76. The van der Waals surface area contributed by atoms with Gasteiger partial charge in [0.05, 0.1) is 11.3 Å². The number of rotatable bonds is 3. The summed E-state index contributed by atoms with van der Waals surface area (Å²) < 4.78 is 3.31. The Labute approximate surface area is 160 Å². The van der Waals surface area contributed by atoms with Gasteiger partial charge in [-0.15, -0.1) is 10.2 Å². The van der Waals surface area contributed by atoms with Gasteiger partial charge >= 0.3 is 0 Å². The SMILES string of the molecule is CCc1nn2c(nnc3c(=O)n(-c4ccccc4)ccc32)c1-c1ccccc1. The Bertz CT molecular complexity index is 1350. The lowest BCUT2D eigenvalue weighted by Gasteiger charge is -2.07. The third kappa shape index (κ3) is 2.42. The number of pyridine rings is 1. The van der Waals surface area contributed by atoms with Crippen LogP contribution >= 0.6 is 0 Å². The van der Waals surface area contributed by atoms with E-state index in [1.54, 1.807) is 15.3 Å². The van der Waals surface area contributed by atoms with E-state index in [0.717, 1.165) is 28.9 Å². The van der Waals surface area contributed by atoms with Gasteiger partial charge in [0, 0.05) is 11.9 Å². The third-order valence-electron chi connectivity index (χ3n) is 4.88. The van der Waals surface area contributed by atoms with Gasteiger partial charge in [-0.3, -0.25) is 9.36 Å². The highest BCUT2D eigenvalue weighted by Gasteiger charge is 2.18. The molecule has 0 fully saturated rings. The average Bonchev–Trinajstić information content (AvgIpc) is 3.14. The Morgan fingerprint density at radius 2 is 1.61 bits per heavy atom. The smallest absolute Gasteiger partial charge is 0.282 e. The van der Waals surface area contributed by atoms with Gasteiger partial charge in [0.15, 0.2) is 11.2 Å². The highest BCUT2D eigenvalue weighted by Crippen LogP contribution is 2.28. The maximum atomic E-state index is 13.0. The van der Waals surface area contributed by atoms with Crippen LogP contribution in [0.1, 0.15) is 12.6 Å². The third-order valence-corrected chi connectivity index (χ3v) is 4.88. The molecule has 0 aliphatic carbocycles. The molecular weight excluding hydrogens is 350 g/mol. The topological polar surface area (TPSA) is 65.1 Å². The number of hydrogen-bond donors (Lipinski definition) is 0. The van der Waals surface area contributed by atoms with E-state index in [4.69, 9.17) is 5.10 Å². The molecule has 6 heteroatoms. The minimum absolute atomic E-state index is 0.215. The van der Waals surface area contributed by atoms with Crippen LogP contribution in [0.15, 0.2) is 77.7 Å². The van der Waals surface area contributed by atoms with Gasteiger partial charge in [-0.1, -0.05) is 55.5 Å². The van der Waals surface area contributed by atoms with Crippen LogP contribution in [0.4, 0.5) is 0 Å². The molecule has 0 amide bonds. The first kappa shape index (κ1) is 16.4. The highest BCUT2D eigenvalue weighted by molar-refractivity contribution is 5.84. The number of nitrogens with zero attached hydrogens (tertiary/aromatic N) is 5. The van der Waals surface area contributed by atoms with E-state index >= 15 is 0 Å². The second-order valence-electron chi connectivity index (χ2n) is 6.54. The van der Waals surface area contributed by atoms with E-state index in [1.807, 2.05) is 66.7 Å². The molecule has 6 nitrogen and oxygen atoms in total. The van der Waals surface area contributed by atoms with Crippen LogP contribution in [0.2, 0.25) is 0 Å². The lowest BCUT2D eigenvalue weighted by atomic mass is 10.0. The molecule has 0 radical (unpaired) electrons. The molecule has 28 heavy (non-hydrogen) atoms. The quantitative estimate of drug-likeness (QED) is 0.488. The van der Waals surface area contributed by atoms with Crippen molar-refractivity contribution in [1.82, 2.24) is 24.4 Å². The average molecular weight is 367 g/mol. The summed E-state index contributed by atoms with van der Waals surface area (Å²) in [5.74, 6) is 0. The van der Waals surface area contributed by atoms with Crippen LogP contribution in [0.25, 0.3) is 33.5 Å². The molecule has 0 atom stereocenters. The first-order valence-corrected chi connectivity index (χ1v) is 9.18. The first-order chi connectivity index (χ1) is 13.8. The number of para-hydroxylation sites is 1. The van der Waals surface area contributed by atoms with Crippen LogP contribution < -0.4 is 5.56 Å². The van der Waals surface area contributed by atoms with Crippen molar-refractivity contribution in [3.8, 4) is 16.8 Å². The standard InChI is InChI=1S/C22H17N5O/c1-2-17-19(15-9-5-3-6-10-15)21-24-23-20-18(27(21)25-17)13-14-26(22(20)28)16-11-7-4-8-12-16/h3-14H,2H2,1H3. The van der Waals surface area contributed by atoms with E-state index in [9.17, 15) is 4.79 Å². The Balaban J connectivity index is 1.81. The van der Waals surface area contributed by atoms with Crippen molar-refractivity contribution < 1.29 is 0 Å². The van der Waals surface area contributed by atoms with Gasteiger partial charge in [-0.2, -0.15) is 5.10 Å². The number of hydrogen-bond acceptors (Lipinski definition) is 4. The largest absolute Gasteiger partial charge is 0.285 e. The predicted molar refractivity (Wildman–Crippen MR) is 109 cm³/mol. The van der Waals surface area contributed by atoms with Crippen LogP contribution in [0, 0.1) is 0 Å². The summed E-state index contributed by atoms with van der Waals surface area (Å²) >= 11 is 0. The number of fused-ring (bicyclic) bond motifs is 3. The number of aromatic nitrogens is 5. The van der Waals surface area contributed by atoms with E-state index in [-0.39, 0.29) is 5.56 Å². The summed E-state index contributed by atoms with van der Waals surface area (Å²) in [7, 11) is 0. The maximum Gasteiger partial charge on any atom is 0.285 e. The van der Waals surface area contributed by atoms with Crippen molar-refractivity contribution in [2.75, 3.05) is 0 Å². The Morgan fingerprint density at radius 3 is 2.32 bits per heavy atom. The summed E-state index contributed by atoms with van der Waals surface area (Å²) in [6, 6.07) is 21.4. The summed E-state index contributed by atoms with van der Waals surface area (Å²) in [6.45, 7) is 2.06. The van der Waals surface area contributed by atoms with Gasteiger partial charge < -0.3 is 0 Å². The predicted octanol–water partition coefficient (Wildman–Crippen LogP) is 3.66. The van der Waals surface area contributed by atoms with Crippen molar-refractivity contribution in [1.29, 1.82) is 0 Å². The molecule has 5 rings (SSSR count). The van der Waals surface area contributed by atoms with Gasteiger partial charge in [-0.25, -0.2) is 4.52 Å². The normalized spacial score (nSPS) is 11.3. The molecule has 0 N–H and O–H groups in total. The summed E-state index contributed by atoms with van der Waals surface area (Å²) in [4.78, 5) is 13.0. The maximum absolute atomic E-state index is 13.0. The molecule has 136 valence electrons. The Morgan fingerprint density at radius 1 is 0.893 bits per heavy atom. The van der Waals surface area contributed by atoms with Crippen LogP contribution in [0.3, 0.4) is 0 Å². The van der Waals surface area contributed by atoms with Crippen molar-refractivity contribution in [2.24, 2.45) is 0 Å². The molecule has 0 saturated carbocycles. The zero-order valence-electron chi connectivity index (χ0n) is 15.3. The molecular formula is C22H17N5O. The van der Waals surface area contributed by atoms with Gasteiger partial charge in [0.1, 0.15) is 5.52 Å². The number of benzene rings is 2. The molecule has 5 aromatic rings. The zero-order chi connectivity index (χ0) is 19.1. The minimum atomic E-state index is -0.215. The molecule has 0 unspecified atom stereocenters. The van der Waals surface area contributed by atoms with Gasteiger partial charge in [0.25, 0.3) is 5.56 Å². The summed E-state index contributed by atoms with van der Waals surface area (Å²) in [5.41, 5.74) is 5.12. The zero-order valence-corrected chi connectivity index (χ0v) is 15.3. The van der Waals surface area contributed by atoms with Crippen LogP contribution in [-0.2, 0) is 6.42 Å². The molecule has 3 heterocycles. The molecule has 0 aliphatic rings. The molecule has 3 aromatic heterocycles. The van der Waals surface area contributed by atoms with Crippen molar-refractivity contribution in [3.05, 3.63) is 89.0 Å². The Hall–Kier alpha value is -3.80. The molecule has 2 aromatic carbocycles. The van der Waals surface area contributed by atoms with E-state index in [2.05, 4.69) is 17.1 Å². The fraction of sp³-hybridized carbons (Fsp3) is 0.0909. The fourth-order valence-electron chi connectivity index (χ4n) is 3.53. The number of aryl methyl sites for hydroxylation is 1. The second-order valence-corrected chi connectivity index (χ2v) is 6.54. The molecule has 0 bridgehead atoms. The first-order valence-electron chi connectivity index (χ1n) is 9.18. The molecule has 0 saturated heterocycles. The van der Waals surface area contributed by atoms with Gasteiger partial charge in [-0.05, 0) is 30.2 Å². The lowest BCUT2D eigenvalue weighted by molar-refractivity contribution is 0.886. The fourth-order valence-corrected chi connectivity index (χ4v) is 3.53. The summed E-state index contributed by atoms with van der Waals surface area (Å²) in [6.07, 6.45) is 2.52. The highest BCUT2D eigenvalue weighted by atomic mass is 16.1.